The van der Waals surface area contributed by atoms with E-state index in [1.165, 1.54) is 17.7 Å². The number of aromatic nitrogens is 3. The molecule has 3 N–H and O–H groups in total. The van der Waals surface area contributed by atoms with Crippen LogP contribution in [0.3, 0.4) is 0 Å². The summed E-state index contributed by atoms with van der Waals surface area (Å²) in [5, 5.41) is 20.5. The zero-order chi connectivity index (χ0) is 24.4. The first-order valence-electron chi connectivity index (χ1n) is 10.9. The third-order valence-corrected chi connectivity index (χ3v) is 6.71. The topological polar surface area (TPSA) is 114 Å². The molecule has 0 aliphatic carbocycles. The number of nitrogens with one attached hydrogen (secondary N) is 2. The van der Waals surface area contributed by atoms with Gasteiger partial charge in [0.05, 0.1) is 23.2 Å². The van der Waals surface area contributed by atoms with E-state index in [1.807, 2.05) is 42.6 Å². The molecule has 3 heterocycles. The molecule has 2 atom stereocenters. The fourth-order valence-corrected chi connectivity index (χ4v) is 4.21. The van der Waals surface area contributed by atoms with E-state index in [9.17, 15) is 5.11 Å². The summed E-state index contributed by atoms with van der Waals surface area (Å²) in [6.45, 7) is 4.25. The van der Waals surface area contributed by atoms with Gasteiger partial charge in [-0.1, -0.05) is 11.6 Å². The smallest absolute Gasteiger partial charge is 0.290 e. The molecule has 35 heavy (non-hydrogen) atoms. The number of aliphatic hydroxyl groups is 1. The molecule has 4 aromatic rings. The number of nitrogens with zero attached hydrogens (tertiary/aromatic N) is 4. The van der Waals surface area contributed by atoms with Crippen molar-refractivity contribution in [1.82, 2.24) is 15.0 Å². The number of thiazole rings is 1. The quantitative estimate of drug-likeness (QED) is 0.318. The summed E-state index contributed by atoms with van der Waals surface area (Å²) in [4.78, 5) is 17.4. The average Bonchev–Trinajstić information content (AvgIpc) is 3.49. The number of hydrogen-bond donors (Lipinski definition) is 3. The summed E-state index contributed by atoms with van der Waals surface area (Å²) < 4.78 is 11.6. The maximum absolute atomic E-state index is 9.95. The Bertz CT molecular complexity index is 1380. The Labute approximate surface area is 210 Å². The third-order valence-electron chi connectivity index (χ3n) is 5.67. The molecule has 1 aliphatic heterocycles. The number of rotatable bonds is 7. The lowest BCUT2D eigenvalue weighted by Gasteiger charge is -2.26. The number of ether oxygens (including phenoxy) is 2. The predicted molar refractivity (Wildman–Crippen MR) is 138 cm³/mol. The van der Waals surface area contributed by atoms with Crippen LogP contribution in [0.5, 0.6) is 5.75 Å². The Balaban J connectivity index is 1.33. The van der Waals surface area contributed by atoms with Gasteiger partial charge in [-0.25, -0.2) is 19.9 Å². The van der Waals surface area contributed by atoms with Gasteiger partial charge in [0.15, 0.2) is 5.60 Å². The van der Waals surface area contributed by atoms with Gasteiger partial charge in [0.2, 0.25) is 0 Å². The minimum atomic E-state index is -0.746. The van der Waals surface area contributed by atoms with Gasteiger partial charge in [-0.3, -0.25) is 0 Å². The zero-order valence-electron chi connectivity index (χ0n) is 19.0. The minimum Gasteiger partial charge on any atom is -0.485 e. The second kappa shape index (κ2) is 9.65. The lowest BCUT2D eigenvalue weighted by Crippen LogP contribution is -2.41. The van der Waals surface area contributed by atoms with Gasteiger partial charge in [-0.2, -0.15) is 0 Å². The first kappa shape index (κ1) is 23.3. The maximum atomic E-state index is 9.95. The summed E-state index contributed by atoms with van der Waals surface area (Å²) in [6.07, 6.45) is 2.59. The van der Waals surface area contributed by atoms with Crippen LogP contribution in [0.25, 0.3) is 10.9 Å². The molecule has 0 fully saturated rings. The number of benzene rings is 2. The number of fused-ring (bicyclic) bond motifs is 1. The molecule has 180 valence electrons. The Kier molecular flexibility index (Phi) is 6.42. The Hall–Kier alpha value is -3.47. The number of amidine groups is 1. The van der Waals surface area contributed by atoms with E-state index in [-0.39, 0.29) is 0 Å². The molecule has 0 spiro atoms. The number of halogens is 1. The van der Waals surface area contributed by atoms with Crippen LogP contribution in [-0.2, 0) is 11.3 Å². The first-order valence-corrected chi connectivity index (χ1v) is 12.2. The molecule has 11 heteroatoms. The number of hydrogen-bond acceptors (Lipinski definition) is 10. The van der Waals surface area contributed by atoms with E-state index in [2.05, 4.69) is 30.6 Å². The average molecular weight is 511 g/mol. The van der Waals surface area contributed by atoms with Crippen LogP contribution in [0, 0.1) is 0 Å². The van der Waals surface area contributed by atoms with Gasteiger partial charge in [-0.05, 0) is 50.2 Å². The molecule has 2 aromatic carbocycles. The van der Waals surface area contributed by atoms with Gasteiger partial charge in [-0.15, -0.1) is 11.3 Å². The van der Waals surface area contributed by atoms with Crippen molar-refractivity contribution < 1.29 is 14.6 Å². The van der Waals surface area contributed by atoms with E-state index >= 15 is 0 Å². The van der Waals surface area contributed by atoms with Crippen LogP contribution in [-0.4, -0.2) is 44.3 Å². The Morgan fingerprint density at radius 2 is 2.00 bits per heavy atom. The van der Waals surface area contributed by atoms with Gasteiger partial charge < -0.3 is 25.2 Å². The monoisotopic (exact) mass is 510 g/mol. The highest BCUT2D eigenvalue weighted by Crippen LogP contribution is 2.32. The summed E-state index contributed by atoms with van der Waals surface area (Å²) in [5.41, 5.74) is 1.54. The standard InChI is InChI=1S/C24H23ClN6O3S/c1-14(32)24(2)12-27-23(34-24)31-15-3-5-19-17(9-15)22(29-13-28-19)30-16-4-6-20(18(25)10-16)33-11-21-26-7-8-35-21/h3-10,13-14,32H,11-12H2,1-2H3,(H,27,31)(H,28,29,30)/t14-,24?/m0/s1. The summed E-state index contributed by atoms with van der Waals surface area (Å²) in [5.74, 6) is 1.20. The lowest BCUT2D eigenvalue weighted by molar-refractivity contribution is -0.0197. The normalized spacial score (nSPS) is 18.1. The van der Waals surface area contributed by atoms with Gasteiger partial charge in [0.1, 0.15) is 29.5 Å². The highest BCUT2D eigenvalue weighted by molar-refractivity contribution is 7.09. The molecule has 2 aromatic heterocycles. The van der Waals surface area contributed by atoms with E-state index in [0.29, 0.717) is 35.8 Å². The second-order valence-corrected chi connectivity index (χ2v) is 9.66. The molecular weight excluding hydrogens is 488 g/mol. The zero-order valence-corrected chi connectivity index (χ0v) is 20.6. The van der Waals surface area contributed by atoms with Crippen LogP contribution in [0.15, 0.2) is 59.3 Å². The number of anilines is 3. The van der Waals surface area contributed by atoms with Gasteiger partial charge in [0, 0.05) is 28.3 Å². The molecule has 0 saturated heterocycles. The lowest BCUT2D eigenvalue weighted by atomic mass is 10.0. The molecule has 0 saturated carbocycles. The molecule has 0 amide bonds. The van der Waals surface area contributed by atoms with Crippen molar-refractivity contribution in [3.8, 4) is 5.75 Å². The number of aliphatic hydroxyl groups excluding tert-OH is 1. The molecule has 5 rings (SSSR count). The van der Waals surface area contributed by atoms with Crippen LogP contribution in [0.1, 0.15) is 18.9 Å². The van der Waals surface area contributed by atoms with Crippen LogP contribution in [0.2, 0.25) is 5.02 Å². The van der Waals surface area contributed by atoms with Gasteiger partial charge >= 0.3 is 0 Å². The summed E-state index contributed by atoms with van der Waals surface area (Å²) in [6, 6.07) is 11.5. The van der Waals surface area contributed by atoms with E-state index in [0.717, 1.165) is 27.3 Å². The van der Waals surface area contributed by atoms with Crippen LogP contribution in [0.4, 0.5) is 17.2 Å². The summed E-state index contributed by atoms with van der Waals surface area (Å²) in [7, 11) is 0. The fraction of sp³-hybridized carbons (Fsp3) is 0.250. The van der Waals surface area contributed by atoms with Crippen molar-refractivity contribution in [2.24, 2.45) is 4.99 Å². The Morgan fingerprint density at radius 1 is 1.17 bits per heavy atom. The summed E-state index contributed by atoms with van der Waals surface area (Å²) >= 11 is 7.98. The highest BCUT2D eigenvalue weighted by Gasteiger charge is 2.38. The van der Waals surface area contributed by atoms with Crippen molar-refractivity contribution >= 4 is 57.1 Å². The molecule has 9 nitrogen and oxygen atoms in total. The van der Waals surface area contributed by atoms with Crippen LogP contribution < -0.4 is 15.4 Å². The molecule has 0 radical (unpaired) electrons. The third kappa shape index (κ3) is 5.14. The molecule has 1 aliphatic rings. The van der Waals surface area contributed by atoms with Crippen molar-refractivity contribution in [2.45, 2.75) is 32.2 Å². The van der Waals surface area contributed by atoms with E-state index < -0.39 is 11.7 Å². The van der Waals surface area contributed by atoms with Crippen molar-refractivity contribution in [3.63, 3.8) is 0 Å². The second-order valence-electron chi connectivity index (χ2n) is 8.28. The van der Waals surface area contributed by atoms with Gasteiger partial charge in [0.25, 0.3) is 6.02 Å². The van der Waals surface area contributed by atoms with Crippen molar-refractivity contribution in [2.75, 3.05) is 17.2 Å². The Morgan fingerprint density at radius 3 is 2.74 bits per heavy atom. The molecule has 1 unspecified atom stereocenters. The fourth-order valence-electron chi connectivity index (χ4n) is 3.45. The van der Waals surface area contributed by atoms with Crippen LogP contribution >= 0.6 is 22.9 Å². The molecular formula is C24H23ClN6O3S. The highest BCUT2D eigenvalue weighted by atomic mass is 35.5. The SMILES string of the molecule is C[C@H](O)C1(C)CN=C(Nc2ccc3ncnc(Nc4ccc(OCc5nccs5)c(Cl)c4)c3c2)O1. The number of aliphatic imine (C=N–C) groups is 1. The predicted octanol–water partition coefficient (Wildman–Crippen LogP) is 5.00. The minimum absolute atomic E-state index is 0.360. The molecule has 0 bridgehead atoms. The van der Waals surface area contributed by atoms with Crippen molar-refractivity contribution in [3.05, 3.63) is 64.3 Å². The van der Waals surface area contributed by atoms with E-state index in [1.54, 1.807) is 19.2 Å². The maximum Gasteiger partial charge on any atom is 0.290 e. The van der Waals surface area contributed by atoms with E-state index in [4.69, 9.17) is 21.1 Å². The van der Waals surface area contributed by atoms with Crippen molar-refractivity contribution in [1.29, 1.82) is 0 Å². The largest absolute Gasteiger partial charge is 0.485 e. The first-order chi connectivity index (χ1) is 16.9.